The van der Waals surface area contributed by atoms with Crippen LogP contribution in [0.4, 0.5) is 5.69 Å². The van der Waals surface area contributed by atoms with Crippen LogP contribution in [0.25, 0.3) is 0 Å². The van der Waals surface area contributed by atoms with Crippen molar-refractivity contribution in [3.63, 3.8) is 0 Å². The summed E-state index contributed by atoms with van der Waals surface area (Å²) in [5, 5.41) is 15.0. The summed E-state index contributed by atoms with van der Waals surface area (Å²) in [4.78, 5) is 63.0. The van der Waals surface area contributed by atoms with Gasteiger partial charge in [0.15, 0.2) is 0 Å². The highest BCUT2D eigenvalue weighted by Crippen LogP contribution is 2.33. The SMILES string of the molecule is O=CC(CN=O)CC(O)C=Nc1cccc2c1CN(C1CCC(=O)NC1=O)C2=O. The van der Waals surface area contributed by atoms with E-state index in [9.17, 15) is 29.2 Å². The first-order chi connectivity index (χ1) is 13.9. The molecule has 2 aliphatic heterocycles. The van der Waals surface area contributed by atoms with Gasteiger partial charge in [0.25, 0.3) is 5.91 Å². The van der Waals surface area contributed by atoms with Crippen molar-refractivity contribution in [2.45, 2.75) is 38.0 Å². The standard InChI is InChI=1S/C19H20N4O6/c24-10-11(7-21-29)6-12(25)8-20-15-3-1-2-13-14(15)9-23(19(13)28)16-4-5-17(26)22-18(16)27/h1-3,8,10-12,16,25H,4-7,9H2,(H,22,26,27). The first-order valence-corrected chi connectivity index (χ1v) is 9.17. The summed E-state index contributed by atoms with van der Waals surface area (Å²) in [6, 6.07) is 4.23. The fraction of sp³-hybridized carbons (Fsp3) is 0.421. The number of rotatable bonds is 8. The van der Waals surface area contributed by atoms with E-state index in [-0.39, 0.29) is 44.2 Å². The summed E-state index contributed by atoms with van der Waals surface area (Å²) >= 11 is 0. The van der Waals surface area contributed by atoms with Crippen molar-refractivity contribution in [1.82, 2.24) is 10.2 Å². The summed E-state index contributed by atoms with van der Waals surface area (Å²) in [7, 11) is 0. The minimum absolute atomic E-state index is 0.00902. The van der Waals surface area contributed by atoms with Gasteiger partial charge in [0.2, 0.25) is 11.8 Å². The Kier molecular flexibility index (Phi) is 6.23. The minimum atomic E-state index is -1.06. The molecule has 10 heteroatoms. The van der Waals surface area contributed by atoms with Crippen molar-refractivity contribution in [3.05, 3.63) is 34.2 Å². The Labute approximate surface area is 166 Å². The highest BCUT2D eigenvalue weighted by atomic mass is 16.3. The van der Waals surface area contributed by atoms with E-state index in [1.165, 1.54) is 11.1 Å². The topological polar surface area (TPSA) is 146 Å². The molecule has 1 aromatic rings. The van der Waals surface area contributed by atoms with E-state index in [1.807, 2.05) is 0 Å². The lowest BCUT2D eigenvalue weighted by molar-refractivity contribution is -0.136. The molecule has 0 aliphatic carbocycles. The molecule has 3 unspecified atom stereocenters. The van der Waals surface area contributed by atoms with E-state index < -0.39 is 24.0 Å². The predicted molar refractivity (Wildman–Crippen MR) is 101 cm³/mol. The lowest BCUT2D eigenvalue weighted by atomic mass is 10.0. The highest BCUT2D eigenvalue weighted by Gasteiger charge is 2.39. The normalized spacial score (nSPS) is 21.1. The van der Waals surface area contributed by atoms with Crippen molar-refractivity contribution >= 4 is 35.9 Å². The van der Waals surface area contributed by atoms with Crippen molar-refractivity contribution in [1.29, 1.82) is 0 Å². The Balaban J connectivity index is 1.75. The number of aliphatic hydroxyl groups excluding tert-OH is 1. The van der Waals surface area contributed by atoms with Gasteiger partial charge in [-0.15, -0.1) is 0 Å². The van der Waals surface area contributed by atoms with Crippen LogP contribution in [0.3, 0.4) is 0 Å². The second-order valence-corrected chi connectivity index (χ2v) is 6.99. The molecule has 3 rings (SSSR count). The number of nitrogens with zero attached hydrogens (tertiary/aromatic N) is 3. The number of aliphatic hydroxyl groups is 1. The van der Waals surface area contributed by atoms with Crippen molar-refractivity contribution < 1.29 is 24.3 Å². The fourth-order valence-corrected chi connectivity index (χ4v) is 3.50. The summed E-state index contributed by atoms with van der Waals surface area (Å²) in [6.45, 7) is -0.0549. The van der Waals surface area contributed by atoms with Gasteiger partial charge in [-0.2, -0.15) is 4.91 Å². The van der Waals surface area contributed by atoms with Gasteiger partial charge in [-0.1, -0.05) is 11.2 Å². The van der Waals surface area contributed by atoms with Crippen LogP contribution in [0.1, 0.15) is 35.2 Å². The van der Waals surface area contributed by atoms with Gasteiger partial charge in [0.1, 0.15) is 12.3 Å². The van der Waals surface area contributed by atoms with Crippen molar-refractivity contribution in [2.24, 2.45) is 16.1 Å². The van der Waals surface area contributed by atoms with Crippen LogP contribution in [0, 0.1) is 10.8 Å². The molecular formula is C19H20N4O6. The highest BCUT2D eigenvalue weighted by molar-refractivity contribution is 6.06. The van der Waals surface area contributed by atoms with Crippen molar-refractivity contribution in [2.75, 3.05) is 6.54 Å². The largest absolute Gasteiger partial charge is 0.387 e. The smallest absolute Gasteiger partial charge is 0.255 e. The minimum Gasteiger partial charge on any atom is -0.387 e. The number of nitrogens with one attached hydrogen (secondary N) is 1. The molecule has 0 bridgehead atoms. The van der Waals surface area contributed by atoms with Gasteiger partial charge in [-0.05, 0) is 25.0 Å². The molecule has 3 amide bonds. The quantitative estimate of drug-likeness (QED) is 0.281. The Morgan fingerprint density at radius 1 is 1.31 bits per heavy atom. The molecule has 10 nitrogen and oxygen atoms in total. The fourth-order valence-electron chi connectivity index (χ4n) is 3.50. The number of carbonyl (C=O) groups is 4. The number of aldehydes is 1. The summed E-state index contributed by atoms with van der Waals surface area (Å²) < 4.78 is 0. The number of amides is 3. The van der Waals surface area contributed by atoms with E-state index in [1.54, 1.807) is 18.2 Å². The lowest BCUT2D eigenvalue weighted by Gasteiger charge is -2.29. The van der Waals surface area contributed by atoms with Crippen LogP contribution in [0.15, 0.2) is 28.4 Å². The average Bonchev–Trinajstić information content (AvgIpc) is 3.03. The van der Waals surface area contributed by atoms with Crippen LogP contribution in [0.5, 0.6) is 0 Å². The van der Waals surface area contributed by atoms with Crippen LogP contribution >= 0.6 is 0 Å². The van der Waals surface area contributed by atoms with Crippen LogP contribution in [-0.2, 0) is 20.9 Å². The molecule has 0 radical (unpaired) electrons. The zero-order valence-corrected chi connectivity index (χ0v) is 15.5. The number of nitroso groups, excluding NO2 is 1. The van der Waals surface area contributed by atoms with E-state index in [4.69, 9.17) is 0 Å². The third-order valence-electron chi connectivity index (χ3n) is 4.99. The molecule has 2 N–H and O–H groups in total. The van der Waals surface area contributed by atoms with Gasteiger partial charge in [-0.3, -0.25) is 24.7 Å². The number of piperidine rings is 1. The van der Waals surface area contributed by atoms with Gasteiger partial charge in [-0.25, -0.2) is 0 Å². The zero-order chi connectivity index (χ0) is 21.0. The van der Waals surface area contributed by atoms with Gasteiger partial charge in [0.05, 0.1) is 18.3 Å². The molecule has 3 atom stereocenters. The predicted octanol–water partition coefficient (Wildman–Crippen LogP) is 0.482. The maximum Gasteiger partial charge on any atom is 0.255 e. The average molecular weight is 400 g/mol. The zero-order valence-electron chi connectivity index (χ0n) is 15.5. The number of aliphatic imine (C=N–C) groups is 1. The van der Waals surface area contributed by atoms with Crippen LogP contribution in [-0.4, -0.2) is 58.9 Å². The van der Waals surface area contributed by atoms with Crippen LogP contribution < -0.4 is 5.32 Å². The molecule has 0 saturated carbocycles. The third kappa shape index (κ3) is 4.43. The molecule has 2 heterocycles. The molecule has 1 saturated heterocycles. The lowest BCUT2D eigenvalue weighted by Crippen LogP contribution is -2.52. The number of fused-ring (bicyclic) bond motifs is 1. The molecule has 2 aliphatic rings. The van der Waals surface area contributed by atoms with Gasteiger partial charge in [0, 0.05) is 36.2 Å². The Hall–Kier alpha value is -3.27. The maximum atomic E-state index is 12.8. The Morgan fingerprint density at radius 3 is 2.79 bits per heavy atom. The van der Waals surface area contributed by atoms with E-state index in [2.05, 4.69) is 15.5 Å². The first-order valence-electron chi connectivity index (χ1n) is 9.17. The second kappa shape index (κ2) is 8.82. The molecular weight excluding hydrogens is 380 g/mol. The molecule has 152 valence electrons. The second-order valence-electron chi connectivity index (χ2n) is 6.99. The Bertz CT molecular complexity index is 883. The third-order valence-corrected chi connectivity index (χ3v) is 4.99. The van der Waals surface area contributed by atoms with E-state index >= 15 is 0 Å². The molecule has 29 heavy (non-hydrogen) atoms. The first kappa shape index (κ1) is 20.5. The number of hydrogen-bond donors (Lipinski definition) is 2. The van der Waals surface area contributed by atoms with Gasteiger partial charge < -0.3 is 14.8 Å². The van der Waals surface area contributed by atoms with E-state index in [0.717, 1.165) is 0 Å². The summed E-state index contributed by atoms with van der Waals surface area (Å²) in [5.41, 5.74) is 1.49. The van der Waals surface area contributed by atoms with Crippen LogP contribution in [0.2, 0.25) is 0 Å². The summed E-state index contributed by atoms with van der Waals surface area (Å²) in [5.74, 6) is -1.86. The van der Waals surface area contributed by atoms with Gasteiger partial charge >= 0.3 is 0 Å². The summed E-state index contributed by atoms with van der Waals surface area (Å²) in [6.07, 6.45) is 1.19. The molecule has 1 fully saturated rings. The number of hydrogen-bond acceptors (Lipinski definition) is 8. The number of carbonyl (C=O) groups excluding carboxylic acids is 4. The molecule has 0 spiro atoms. The molecule has 1 aromatic carbocycles. The Morgan fingerprint density at radius 2 is 2.10 bits per heavy atom. The number of benzene rings is 1. The van der Waals surface area contributed by atoms with Crippen molar-refractivity contribution in [3.8, 4) is 0 Å². The maximum absolute atomic E-state index is 12.8. The molecule has 0 aromatic heterocycles. The monoisotopic (exact) mass is 400 g/mol. The van der Waals surface area contributed by atoms with E-state index in [0.29, 0.717) is 23.1 Å². The number of imide groups is 1.